The summed E-state index contributed by atoms with van der Waals surface area (Å²) >= 11 is 0. The SMILES string of the molecule is CC(=O)NCCCN(C)c1ccccn1. The van der Waals surface area contributed by atoms with Crippen molar-refractivity contribution in [3.63, 3.8) is 0 Å². The molecule has 1 aromatic rings. The van der Waals surface area contributed by atoms with Gasteiger partial charge in [-0.2, -0.15) is 0 Å². The van der Waals surface area contributed by atoms with Crippen LogP contribution in [0, 0.1) is 0 Å². The number of amides is 1. The lowest BCUT2D eigenvalue weighted by atomic mass is 10.3. The Morgan fingerprint density at radius 3 is 2.93 bits per heavy atom. The first kappa shape index (κ1) is 11.5. The van der Waals surface area contributed by atoms with Gasteiger partial charge in [-0.3, -0.25) is 4.79 Å². The van der Waals surface area contributed by atoms with Gasteiger partial charge in [0.05, 0.1) is 0 Å². The van der Waals surface area contributed by atoms with Crippen molar-refractivity contribution in [2.45, 2.75) is 13.3 Å². The molecule has 0 bridgehead atoms. The van der Waals surface area contributed by atoms with E-state index < -0.39 is 0 Å². The van der Waals surface area contributed by atoms with Gasteiger partial charge in [-0.25, -0.2) is 4.98 Å². The summed E-state index contributed by atoms with van der Waals surface area (Å²) in [5.41, 5.74) is 0. The molecule has 4 heteroatoms. The molecule has 0 saturated heterocycles. The molecule has 0 radical (unpaired) electrons. The number of hydrogen-bond acceptors (Lipinski definition) is 3. The van der Waals surface area contributed by atoms with Gasteiger partial charge in [0.15, 0.2) is 0 Å². The van der Waals surface area contributed by atoms with Crippen LogP contribution in [0.5, 0.6) is 0 Å². The highest BCUT2D eigenvalue weighted by atomic mass is 16.1. The summed E-state index contributed by atoms with van der Waals surface area (Å²) in [5, 5.41) is 2.77. The van der Waals surface area contributed by atoms with Gasteiger partial charge in [-0.1, -0.05) is 6.07 Å². The van der Waals surface area contributed by atoms with Crippen molar-refractivity contribution in [2.75, 3.05) is 25.0 Å². The Kier molecular flexibility index (Phi) is 4.60. The third-order valence-electron chi connectivity index (χ3n) is 2.08. The maximum absolute atomic E-state index is 10.6. The van der Waals surface area contributed by atoms with E-state index in [-0.39, 0.29) is 5.91 Å². The second kappa shape index (κ2) is 6.01. The predicted molar refractivity (Wildman–Crippen MR) is 60.8 cm³/mol. The summed E-state index contributed by atoms with van der Waals surface area (Å²) in [5.74, 6) is 0.982. The Hall–Kier alpha value is -1.58. The van der Waals surface area contributed by atoms with Crippen molar-refractivity contribution >= 4 is 11.7 Å². The van der Waals surface area contributed by atoms with Gasteiger partial charge >= 0.3 is 0 Å². The van der Waals surface area contributed by atoms with Crippen LogP contribution < -0.4 is 10.2 Å². The molecule has 1 N–H and O–H groups in total. The van der Waals surface area contributed by atoms with Crippen LogP contribution in [-0.4, -0.2) is 31.0 Å². The number of carbonyl (C=O) groups is 1. The van der Waals surface area contributed by atoms with Gasteiger partial charge in [0, 0.05) is 33.3 Å². The van der Waals surface area contributed by atoms with E-state index in [1.54, 1.807) is 6.20 Å². The lowest BCUT2D eigenvalue weighted by Crippen LogP contribution is -2.26. The summed E-state index contributed by atoms with van der Waals surface area (Å²) < 4.78 is 0. The molecular formula is C11H17N3O. The van der Waals surface area contributed by atoms with Crippen LogP contribution in [-0.2, 0) is 4.79 Å². The smallest absolute Gasteiger partial charge is 0.216 e. The highest BCUT2D eigenvalue weighted by Gasteiger charge is 2.00. The molecule has 0 atom stereocenters. The molecule has 0 aliphatic heterocycles. The normalized spacial score (nSPS) is 9.73. The molecule has 1 aromatic heterocycles. The number of anilines is 1. The van der Waals surface area contributed by atoms with Crippen LogP contribution in [0.25, 0.3) is 0 Å². The fourth-order valence-electron chi connectivity index (χ4n) is 1.27. The second-order valence-electron chi connectivity index (χ2n) is 3.45. The Bertz CT molecular complexity index is 300. The zero-order chi connectivity index (χ0) is 11.1. The quantitative estimate of drug-likeness (QED) is 0.734. The molecule has 4 nitrogen and oxygen atoms in total. The maximum atomic E-state index is 10.6. The zero-order valence-electron chi connectivity index (χ0n) is 9.23. The van der Waals surface area contributed by atoms with E-state index in [4.69, 9.17) is 0 Å². The molecule has 0 aliphatic carbocycles. The Balaban J connectivity index is 2.25. The Morgan fingerprint density at radius 2 is 2.33 bits per heavy atom. The number of aromatic nitrogens is 1. The largest absolute Gasteiger partial charge is 0.360 e. The van der Waals surface area contributed by atoms with Crippen molar-refractivity contribution < 1.29 is 4.79 Å². The third kappa shape index (κ3) is 4.44. The molecule has 82 valence electrons. The molecule has 1 heterocycles. The van der Waals surface area contributed by atoms with E-state index in [2.05, 4.69) is 15.2 Å². The molecule has 0 spiro atoms. The molecule has 1 amide bonds. The summed E-state index contributed by atoms with van der Waals surface area (Å²) in [7, 11) is 2.00. The van der Waals surface area contributed by atoms with E-state index in [0.29, 0.717) is 6.54 Å². The van der Waals surface area contributed by atoms with Crippen molar-refractivity contribution in [2.24, 2.45) is 0 Å². The van der Waals surface area contributed by atoms with E-state index in [0.717, 1.165) is 18.8 Å². The first-order chi connectivity index (χ1) is 7.20. The fraction of sp³-hybridized carbons (Fsp3) is 0.455. The monoisotopic (exact) mass is 207 g/mol. The minimum absolute atomic E-state index is 0.0236. The number of nitrogens with zero attached hydrogens (tertiary/aromatic N) is 2. The number of nitrogens with one attached hydrogen (secondary N) is 1. The molecule has 0 fully saturated rings. The van der Waals surface area contributed by atoms with Crippen LogP contribution in [0.4, 0.5) is 5.82 Å². The van der Waals surface area contributed by atoms with Crippen LogP contribution >= 0.6 is 0 Å². The second-order valence-corrected chi connectivity index (χ2v) is 3.45. The summed E-state index contributed by atoms with van der Waals surface area (Å²) in [6, 6.07) is 5.83. The van der Waals surface area contributed by atoms with Crippen LogP contribution in [0.3, 0.4) is 0 Å². The lowest BCUT2D eigenvalue weighted by molar-refractivity contribution is -0.118. The molecule has 0 aliphatic rings. The number of hydrogen-bond donors (Lipinski definition) is 1. The third-order valence-corrected chi connectivity index (χ3v) is 2.08. The molecule has 0 saturated carbocycles. The van der Waals surface area contributed by atoms with Gasteiger partial charge < -0.3 is 10.2 Å². The highest BCUT2D eigenvalue weighted by molar-refractivity contribution is 5.72. The first-order valence-corrected chi connectivity index (χ1v) is 5.07. The molecular weight excluding hydrogens is 190 g/mol. The summed E-state index contributed by atoms with van der Waals surface area (Å²) in [6.45, 7) is 3.13. The molecule has 1 rings (SSSR count). The number of carbonyl (C=O) groups excluding carboxylic acids is 1. The fourth-order valence-corrected chi connectivity index (χ4v) is 1.27. The Labute approximate surface area is 90.3 Å². The van der Waals surface area contributed by atoms with E-state index in [9.17, 15) is 4.79 Å². The van der Waals surface area contributed by atoms with Gasteiger partial charge in [-0.15, -0.1) is 0 Å². The van der Waals surface area contributed by atoms with E-state index in [1.165, 1.54) is 6.92 Å². The zero-order valence-corrected chi connectivity index (χ0v) is 9.23. The topological polar surface area (TPSA) is 45.2 Å². The van der Waals surface area contributed by atoms with Crippen molar-refractivity contribution in [1.29, 1.82) is 0 Å². The molecule has 0 unspecified atom stereocenters. The number of rotatable bonds is 5. The van der Waals surface area contributed by atoms with Gasteiger partial charge in [0.2, 0.25) is 5.91 Å². The standard InChI is InChI=1S/C11H17N3O/c1-10(15)12-8-5-9-14(2)11-6-3-4-7-13-11/h3-4,6-7H,5,8-9H2,1-2H3,(H,12,15). The Morgan fingerprint density at radius 1 is 1.53 bits per heavy atom. The lowest BCUT2D eigenvalue weighted by Gasteiger charge is -2.17. The van der Waals surface area contributed by atoms with Crippen LogP contribution in [0.2, 0.25) is 0 Å². The number of pyridine rings is 1. The maximum Gasteiger partial charge on any atom is 0.216 e. The highest BCUT2D eigenvalue weighted by Crippen LogP contribution is 2.06. The van der Waals surface area contributed by atoms with Crippen molar-refractivity contribution in [1.82, 2.24) is 10.3 Å². The van der Waals surface area contributed by atoms with E-state index >= 15 is 0 Å². The first-order valence-electron chi connectivity index (χ1n) is 5.07. The van der Waals surface area contributed by atoms with E-state index in [1.807, 2.05) is 25.2 Å². The summed E-state index contributed by atoms with van der Waals surface area (Å²) in [6.07, 6.45) is 2.70. The molecule has 0 aromatic carbocycles. The van der Waals surface area contributed by atoms with Gasteiger partial charge in [-0.05, 0) is 18.6 Å². The predicted octanol–water partition coefficient (Wildman–Crippen LogP) is 1.04. The molecule has 15 heavy (non-hydrogen) atoms. The van der Waals surface area contributed by atoms with Crippen LogP contribution in [0.1, 0.15) is 13.3 Å². The average Bonchev–Trinajstić information content (AvgIpc) is 2.25. The average molecular weight is 207 g/mol. The van der Waals surface area contributed by atoms with Gasteiger partial charge in [0.25, 0.3) is 0 Å². The summed E-state index contributed by atoms with van der Waals surface area (Å²) in [4.78, 5) is 16.9. The van der Waals surface area contributed by atoms with Crippen LogP contribution in [0.15, 0.2) is 24.4 Å². The minimum Gasteiger partial charge on any atom is -0.360 e. The minimum atomic E-state index is 0.0236. The van der Waals surface area contributed by atoms with Gasteiger partial charge in [0.1, 0.15) is 5.82 Å². The van der Waals surface area contributed by atoms with Crippen molar-refractivity contribution in [3.05, 3.63) is 24.4 Å². The van der Waals surface area contributed by atoms with Crippen molar-refractivity contribution in [3.8, 4) is 0 Å².